The minimum Gasteiger partial charge on any atom is -0.328 e. The lowest BCUT2D eigenvalue weighted by atomic mass is 10.1. The quantitative estimate of drug-likeness (QED) is 0.686. The van der Waals surface area contributed by atoms with Gasteiger partial charge in [-0.05, 0) is 45.1 Å². The van der Waals surface area contributed by atoms with E-state index >= 15 is 0 Å². The molecule has 0 amide bonds. The lowest BCUT2D eigenvalue weighted by Crippen LogP contribution is -2.35. The molecule has 2 nitrogen and oxygen atoms in total. The van der Waals surface area contributed by atoms with Crippen molar-refractivity contribution in [3.8, 4) is 0 Å². The van der Waals surface area contributed by atoms with Gasteiger partial charge in [0.15, 0.2) is 0 Å². The van der Waals surface area contributed by atoms with Gasteiger partial charge < -0.3 is 10.6 Å². The third kappa shape index (κ3) is 1.64. The number of hydrogen-bond acceptors (Lipinski definition) is 2. The monoisotopic (exact) mass is 168 g/mol. The predicted octanol–water partition coefficient (Wildman–Crippen LogP) is 1.21. The van der Waals surface area contributed by atoms with E-state index in [1.54, 1.807) is 0 Å². The van der Waals surface area contributed by atoms with E-state index in [2.05, 4.69) is 11.8 Å². The smallest absolute Gasteiger partial charge is 0.00986 e. The van der Waals surface area contributed by atoms with Crippen LogP contribution in [0.5, 0.6) is 0 Å². The average Bonchev–Trinajstić information content (AvgIpc) is 2.60. The average molecular weight is 168 g/mol. The van der Waals surface area contributed by atoms with E-state index in [1.165, 1.54) is 38.8 Å². The van der Waals surface area contributed by atoms with Crippen molar-refractivity contribution < 1.29 is 0 Å². The largest absolute Gasteiger partial charge is 0.328 e. The highest BCUT2D eigenvalue weighted by Crippen LogP contribution is 2.37. The zero-order chi connectivity index (χ0) is 8.55. The standard InChI is InChI=1S/C10H20N2/c1-8(11)4-5-12-7-9-2-3-10(12)6-9/h8-10H,2-7,11H2,1H3. The number of piperidine rings is 1. The molecule has 2 N–H and O–H groups in total. The van der Waals surface area contributed by atoms with Crippen LogP contribution in [0, 0.1) is 5.92 Å². The van der Waals surface area contributed by atoms with Crippen molar-refractivity contribution >= 4 is 0 Å². The van der Waals surface area contributed by atoms with Gasteiger partial charge in [0.25, 0.3) is 0 Å². The number of rotatable bonds is 3. The third-order valence-corrected chi connectivity index (χ3v) is 3.39. The maximum absolute atomic E-state index is 5.74. The van der Waals surface area contributed by atoms with Crippen molar-refractivity contribution in [2.75, 3.05) is 13.1 Å². The second-order valence-corrected chi connectivity index (χ2v) is 4.59. The molecule has 1 saturated carbocycles. The molecular formula is C10H20N2. The molecule has 1 aliphatic heterocycles. The summed E-state index contributed by atoms with van der Waals surface area (Å²) in [6, 6.07) is 1.30. The summed E-state index contributed by atoms with van der Waals surface area (Å²) in [5, 5.41) is 0. The highest BCUT2D eigenvalue weighted by molar-refractivity contribution is 4.91. The summed E-state index contributed by atoms with van der Waals surface area (Å²) in [7, 11) is 0. The molecule has 2 rings (SSSR count). The summed E-state index contributed by atoms with van der Waals surface area (Å²) in [5.74, 6) is 1.03. The van der Waals surface area contributed by atoms with Gasteiger partial charge in [-0.25, -0.2) is 0 Å². The van der Waals surface area contributed by atoms with Crippen molar-refractivity contribution in [1.29, 1.82) is 0 Å². The third-order valence-electron chi connectivity index (χ3n) is 3.39. The minimum absolute atomic E-state index is 0.379. The van der Waals surface area contributed by atoms with Gasteiger partial charge in [0, 0.05) is 18.6 Å². The fourth-order valence-corrected chi connectivity index (χ4v) is 2.67. The summed E-state index contributed by atoms with van der Waals surface area (Å²) < 4.78 is 0. The van der Waals surface area contributed by atoms with Crippen molar-refractivity contribution in [1.82, 2.24) is 4.90 Å². The van der Waals surface area contributed by atoms with Gasteiger partial charge in [-0.1, -0.05) is 0 Å². The predicted molar refractivity (Wildman–Crippen MR) is 51.0 cm³/mol. The van der Waals surface area contributed by atoms with E-state index in [1.807, 2.05) is 0 Å². The molecule has 1 aliphatic carbocycles. The van der Waals surface area contributed by atoms with Crippen molar-refractivity contribution in [3.05, 3.63) is 0 Å². The Morgan fingerprint density at radius 2 is 2.33 bits per heavy atom. The van der Waals surface area contributed by atoms with Crippen LogP contribution >= 0.6 is 0 Å². The molecule has 2 bridgehead atoms. The molecule has 3 atom stereocenters. The van der Waals surface area contributed by atoms with E-state index in [4.69, 9.17) is 5.73 Å². The van der Waals surface area contributed by atoms with Crippen LogP contribution in [0.2, 0.25) is 0 Å². The van der Waals surface area contributed by atoms with Gasteiger partial charge in [-0.2, -0.15) is 0 Å². The molecule has 0 aromatic heterocycles. The molecule has 2 aliphatic rings. The van der Waals surface area contributed by atoms with Crippen LogP contribution in [0.15, 0.2) is 0 Å². The zero-order valence-electron chi connectivity index (χ0n) is 8.00. The van der Waals surface area contributed by atoms with E-state index in [0.29, 0.717) is 6.04 Å². The molecule has 0 aromatic carbocycles. The molecule has 70 valence electrons. The van der Waals surface area contributed by atoms with Crippen LogP contribution in [0.4, 0.5) is 0 Å². The molecular weight excluding hydrogens is 148 g/mol. The molecule has 0 radical (unpaired) electrons. The van der Waals surface area contributed by atoms with Gasteiger partial charge in [-0.3, -0.25) is 0 Å². The summed E-state index contributed by atoms with van der Waals surface area (Å²) in [4.78, 5) is 2.65. The Morgan fingerprint density at radius 1 is 1.50 bits per heavy atom. The van der Waals surface area contributed by atoms with Crippen molar-refractivity contribution in [3.63, 3.8) is 0 Å². The first-order valence-electron chi connectivity index (χ1n) is 5.25. The van der Waals surface area contributed by atoms with Crippen LogP contribution in [0.1, 0.15) is 32.6 Å². The number of fused-ring (bicyclic) bond motifs is 2. The van der Waals surface area contributed by atoms with Crippen molar-refractivity contribution in [2.45, 2.75) is 44.7 Å². The number of nitrogens with zero attached hydrogens (tertiary/aromatic N) is 1. The Bertz CT molecular complexity index is 156. The second-order valence-electron chi connectivity index (χ2n) is 4.59. The first kappa shape index (κ1) is 8.52. The summed E-state index contributed by atoms with van der Waals surface area (Å²) >= 11 is 0. The Morgan fingerprint density at radius 3 is 2.83 bits per heavy atom. The van der Waals surface area contributed by atoms with Crippen LogP contribution in [-0.2, 0) is 0 Å². The topological polar surface area (TPSA) is 29.3 Å². The normalized spacial score (nSPS) is 37.5. The van der Waals surface area contributed by atoms with Crippen LogP contribution in [-0.4, -0.2) is 30.1 Å². The SMILES string of the molecule is CC(N)CCN1CC2CCC1C2. The number of nitrogens with two attached hydrogens (primary N) is 1. The minimum atomic E-state index is 0.379. The zero-order valence-corrected chi connectivity index (χ0v) is 8.00. The van der Waals surface area contributed by atoms with Gasteiger partial charge in [0.05, 0.1) is 0 Å². The molecule has 3 unspecified atom stereocenters. The van der Waals surface area contributed by atoms with Crippen LogP contribution in [0.25, 0.3) is 0 Å². The first-order valence-corrected chi connectivity index (χ1v) is 5.25. The lowest BCUT2D eigenvalue weighted by molar-refractivity contribution is 0.207. The summed E-state index contributed by atoms with van der Waals surface area (Å²) in [6.07, 6.45) is 5.57. The Kier molecular flexibility index (Phi) is 2.37. The van der Waals surface area contributed by atoms with E-state index in [-0.39, 0.29) is 0 Å². The second kappa shape index (κ2) is 3.35. The van der Waals surface area contributed by atoms with Crippen molar-refractivity contribution in [2.24, 2.45) is 11.7 Å². The van der Waals surface area contributed by atoms with E-state index in [0.717, 1.165) is 12.0 Å². The van der Waals surface area contributed by atoms with Gasteiger partial charge in [0.2, 0.25) is 0 Å². The van der Waals surface area contributed by atoms with Gasteiger partial charge >= 0.3 is 0 Å². The fraction of sp³-hybridized carbons (Fsp3) is 1.00. The molecule has 2 heteroatoms. The molecule has 12 heavy (non-hydrogen) atoms. The Hall–Kier alpha value is -0.0800. The van der Waals surface area contributed by atoms with E-state index < -0.39 is 0 Å². The highest BCUT2D eigenvalue weighted by Gasteiger charge is 2.36. The first-order chi connectivity index (χ1) is 5.75. The summed E-state index contributed by atoms with van der Waals surface area (Å²) in [5.41, 5.74) is 5.74. The highest BCUT2D eigenvalue weighted by atomic mass is 15.2. The number of hydrogen-bond donors (Lipinski definition) is 1. The molecule has 0 spiro atoms. The van der Waals surface area contributed by atoms with Gasteiger partial charge in [0.1, 0.15) is 0 Å². The maximum atomic E-state index is 5.74. The molecule has 1 heterocycles. The summed E-state index contributed by atoms with van der Waals surface area (Å²) in [6.45, 7) is 4.70. The number of likely N-dealkylation sites (tertiary alicyclic amines) is 1. The maximum Gasteiger partial charge on any atom is 0.00986 e. The van der Waals surface area contributed by atoms with Crippen LogP contribution < -0.4 is 5.73 Å². The van der Waals surface area contributed by atoms with Crippen LogP contribution in [0.3, 0.4) is 0 Å². The molecule has 0 aromatic rings. The Balaban J connectivity index is 1.76. The Labute approximate surface area is 75.1 Å². The molecule has 1 saturated heterocycles. The fourth-order valence-electron chi connectivity index (χ4n) is 2.67. The molecule has 2 fully saturated rings. The van der Waals surface area contributed by atoms with Gasteiger partial charge in [-0.15, -0.1) is 0 Å². The van der Waals surface area contributed by atoms with E-state index in [9.17, 15) is 0 Å². The lowest BCUT2D eigenvalue weighted by Gasteiger charge is -2.27.